The van der Waals surface area contributed by atoms with E-state index in [0.717, 1.165) is 0 Å². The van der Waals surface area contributed by atoms with Crippen LogP contribution in [0.4, 0.5) is 0 Å². The van der Waals surface area contributed by atoms with E-state index in [1.165, 1.54) is 0 Å². The molecule has 20 heavy (non-hydrogen) atoms. The Bertz CT molecular complexity index is 222. The van der Waals surface area contributed by atoms with Crippen molar-refractivity contribution in [2.24, 2.45) is 0 Å². The van der Waals surface area contributed by atoms with E-state index in [2.05, 4.69) is 0 Å². The van der Waals surface area contributed by atoms with Crippen LogP contribution in [-0.4, -0.2) is 118 Å². The van der Waals surface area contributed by atoms with Crippen molar-refractivity contribution in [3.63, 3.8) is 0 Å². The maximum Gasteiger partial charge on any atom is 0.0897 e. The molecular weight excluding hydrogens is 268 g/mol. The smallest absolute Gasteiger partial charge is 0.0897 e. The van der Waals surface area contributed by atoms with E-state index < -0.39 is 18.3 Å². The van der Waals surface area contributed by atoms with Gasteiger partial charge in [0.15, 0.2) is 0 Å². The second-order valence-corrected chi connectivity index (χ2v) is 5.03. The molecule has 0 aromatic carbocycles. The standard InChI is InChI=1S/C12H28N2O6/c1-13(4-10(18)7-15)2-3-14(5-11(19)8-16)6-12(20)9-17/h10-12,15-20H,2-9H2,1H3/t10-,11-,12-/m1/s1. The lowest BCUT2D eigenvalue weighted by Gasteiger charge is -2.28. The lowest BCUT2D eigenvalue weighted by molar-refractivity contribution is 0.0176. The fourth-order valence-corrected chi connectivity index (χ4v) is 1.79. The zero-order valence-corrected chi connectivity index (χ0v) is 12.0. The molecule has 0 aromatic rings. The van der Waals surface area contributed by atoms with Gasteiger partial charge in [-0.1, -0.05) is 0 Å². The molecule has 0 aliphatic heterocycles. The zero-order chi connectivity index (χ0) is 15.5. The number of nitrogens with zero attached hydrogens (tertiary/aromatic N) is 2. The molecule has 0 aliphatic rings. The fourth-order valence-electron chi connectivity index (χ4n) is 1.79. The van der Waals surface area contributed by atoms with Gasteiger partial charge in [0, 0.05) is 32.7 Å². The normalized spacial score (nSPS) is 16.6. The number of hydrogen-bond donors (Lipinski definition) is 6. The SMILES string of the molecule is CN(CCN(C[C@@H](O)CO)C[C@@H](O)CO)C[C@@H](O)CO. The maximum atomic E-state index is 9.44. The number of likely N-dealkylation sites (N-methyl/N-ethyl adjacent to an activating group) is 1. The first kappa shape index (κ1) is 19.7. The highest BCUT2D eigenvalue weighted by Crippen LogP contribution is 1.98. The molecule has 8 heteroatoms. The summed E-state index contributed by atoms with van der Waals surface area (Å²) in [6, 6.07) is 0. The Balaban J connectivity index is 4.19. The molecule has 0 spiro atoms. The number of aliphatic hydroxyl groups is 6. The summed E-state index contributed by atoms with van der Waals surface area (Å²) >= 11 is 0. The molecule has 0 fully saturated rings. The second kappa shape index (κ2) is 11.4. The predicted octanol–water partition coefficient (Wildman–Crippen LogP) is -3.72. The summed E-state index contributed by atoms with van der Waals surface area (Å²) in [5.74, 6) is 0. The molecule has 0 heterocycles. The van der Waals surface area contributed by atoms with Crippen LogP contribution >= 0.6 is 0 Å². The van der Waals surface area contributed by atoms with Crippen LogP contribution in [0, 0.1) is 0 Å². The van der Waals surface area contributed by atoms with E-state index in [4.69, 9.17) is 15.3 Å². The molecule has 122 valence electrons. The number of rotatable bonds is 12. The second-order valence-electron chi connectivity index (χ2n) is 5.03. The molecular formula is C12H28N2O6. The first-order valence-electron chi connectivity index (χ1n) is 6.70. The Morgan fingerprint density at radius 3 is 1.50 bits per heavy atom. The lowest BCUT2D eigenvalue weighted by atomic mass is 10.2. The van der Waals surface area contributed by atoms with Crippen molar-refractivity contribution in [1.29, 1.82) is 0 Å². The van der Waals surface area contributed by atoms with Gasteiger partial charge in [0.2, 0.25) is 0 Å². The van der Waals surface area contributed by atoms with Crippen molar-refractivity contribution in [2.45, 2.75) is 18.3 Å². The van der Waals surface area contributed by atoms with E-state index >= 15 is 0 Å². The van der Waals surface area contributed by atoms with Gasteiger partial charge in [0.1, 0.15) is 0 Å². The van der Waals surface area contributed by atoms with Crippen molar-refractivity contribution >= 4 is 0 Å². The third-order valence-corrected chi connectivity index (χ3v) is 2.89. The molecule has 0 radical (unpaired) electrons. The minimum atomic E-state index is -0.908. The van der Waals surface area contributed by atoms with Crippen molar-refractivity contribution in [2.75, 3.05) is 59.6 Å². The van der Waals surface area contributed by atoms with E-state index in [-0.39, 0.29) is 32.9 Å². The third kappa shape index (κ3) is 9.56. The summed E-state index contributed by atoms with van der Waals surface area (Å²) in [6.07, 6.45) is -2.62. The van der Waals surface area contributed by atoms with Crippen LogP contribution in [0.3, 0.4) is 0 Å². The Morgan fingerprint density at radius 1 is 0.700 bits per heavy atom. The van der Waals surface area contributed by atoms with Crippen molar-refractivity contribution in [3.05, 3.63) is 0 Å². The summed E-state index contributed by atoms with van der Waals surface area (Å²) < 4.78 is 0. The molecule has 0 bridgehead atoms. The lowest BCUT2D eigenvalue weighted by Crippen LogP contribution is -2.44. The van der Waals surface area contributed by atoms with Gasteiger partial charge in [-0.05, 0) is 7.05 Å². The molecule has 0 unspecified atom stereocenters. The molecule has 0 saturated heterocycles. The van der Waals surface area contributed by atoms with Crippen LogP contribution in [0.25, 0.3) is 0 Å². The Morgan fingerprint density at radius 2 is 1.10 bits per heavy atom. The van der Waals surface area contributed by atoms with Crippen LogP contribution in [0.2, 0.25) is 0 Å². The summed E-state index contributed by atoms with van der Waals surface area (Å²) in [7, 11) is 1.78. The number of hydrogen-bond acceptors (Lipinski definition) is 8. The third-order valence-electron chi connectivity index (χ3n) is 2.89. The minimum Gasteiger partial charge on any atom is -0.394 e. The fraction of sp³-hybridized carbons (Fsp3) is 1.00. The van der Waals surface area contributed by atoms with E-state index in [0.29, 0.717) is 19.6 Å². The molecule has 6 N–H and O–H groups in total. The van der Waals surface area contributed by atoms with Gasteiger partial charge in [-0.2, -0.15) is 0 Å². The van der Waals surface area contributed by atoms with Gasteiger partial charge in [0.05, 0.1) is 38.1 Å². The van der Waals surface area contributed by atoms with Gasteiger partial charge in [0.25, 0.3) is 0 Å². The van der Waals surface area contributed by atoms with Crippen LogP contribution in [0.15, 0.2) is 0 Å². The first-order chi connectivity index (χ1) is 9.42. The summed E-state index contributed by atoms with van der Waals surface area (Å²) in [5.41, 5.74) is 0. The van der Waals surface area contributed by atoms with Crippen molar-refractivity contribution in [1.82, 2.24) is 9.80 Å². The molecule has 0 saturated carbocycles. The van der Waals surface area contributed by atoms with Crippen LogP contribution < -0.4 is 0 Å². The average Bonchev–Trinajstić information content (AvgIpc) is 2.43. The van der Waals surface area contributed by atoms with Crippen LogP contribution in [0.5, 0.6) is 0 Å². The van der Waals surface area contributed by atoms with E-state index in [1.54, 1.807) is 11.9 Å². The molecule has 0 rings (SSSR count). The highest BCUT2D eigenvalue weighted by molar-refractivity contribution is 4.70. The topological polar surface area (TPSA) is 128 Å². The van der Waals surface area contributed by atoms with Gasteiger partial charge in [-0.25, -0.2) is 0 Å². The maximum absolute atomic E-state index is 9.44. The minimum absolute atomic E-state index is 0.184. The van der Waals surface area contributed by atoms with Crippen LogP contribution in [-0.2, 0) is 0 Å². The zero-order valence-electron chi connectivity index (χ0n) is 12.0. The van der Waals surface area contributed by atoms with E-state index in [9.17, 15) is 15.3 Å². The number of aliphatic hydroxyl groups excluding tert-OH is 6. The van der Waals surface area contributed by atoms with E-state index in [1.807, 2.05) is 4.90 Å². The monoisotopic (exact) mass is 296 g/mol. The van der Waals surface area contributed by atoms with Gasteiger partial charge in [-0.3, -0.25) is 4.90 Å². The highest BCUT2D eigenvalue weighted by Gasteiger charge is 2.16. The molecule has 0 amide bonds. The average molecular weight is 296 g/mol. The molecule has 3 atom stereocenters. The highest BCUT2D eigenvalue weighted by atomic mass is 16.3. The van der Waals surface area contributed by atoms with Gasteiger partial charge < -0.3 is 35.5 Å². The summed E-state index contributed by atoms with van der Waals surface area (Å²) in [6.45, 7) is 0.676. The summed E-state index contributed by atoms with van der Waals surface area (Å²) in [5, 5.41) is 54.6. The van der Waals surface area contributed by atoms with Crippen LogP contribution in [0.1, 0.15) is 0 Å². The van der Waals surface area contributed by atoms with Gasteiger partial charge in [-0.15, -0.1) is 0 Å². The quantitative estimate of drug-likeness (QED) is 0.217. The first-order valence-corrected chi connectivity index (χ1v) is 6.70. The van der Waals surface area contributed by atoms with Crippen molar-refractivity contribution in [3.8, 4) is 0 Å². The molecule has 0 aromatic heterocycles. The summed E-state index contributed by atoms with van der Waals surface area (Å²) in [4.78, 5) is 3.54. The largest absolute Gasteiger partial charge is 0.394 e. The Labute approximate surface area is 119 Å². The predicted molar refractivity (Wildman–Crippen MR) is 73.2 cm³/mol. The Hall–Kier alpha value is -0.320. The molecule has 0 aliphatic carbocycles. The Kier molecular flexibility index (Phi) is 11.2. The van der Waals surface area contributed by atoms with Crippen molar-refractivity contribution < 1.29 is 30.6 Å². The van der Waals surface area contributed by atoms with Gasteiger partial charge >= 0.3 is 0 Å². The molecule has 8 nitrogen and oxygen atoms in total.